The van der Waals surface area contributed by atoms with Crippen LogP contribution in [0.3, 0.4) is 0 Å². The Morgan fingerprint density at radius 1 is 1.19 bits per heavy atom. The van der Waals surface area contributed by atoms with Gasteiger partial charge in [-0.2, -0.15) is 0 Å². The molecule has 3 heteroatoms. The van der Waals surface area contributed by atoms with Crippen LogP contribution in [0, 0.1) is 24.5 Å². The SMILES string of the molecule is Cc1cc(F)c(C(N)C2CCCC2)cc1F. The molecule has 1 fully saturated rings. The number of benzene rings is 1. The first-order valence-electron chi connectivity index (χ1n) is 5.80. The molecular formula is C13H17F2N. The predicted octanol–water partition coefficient (Wildman–Crippen LogP) is 3.46. The Balaban J connectivity index is 2.28. The highest BCUT2D eigenvalue weighted by atomic mass is 19.1. The first kappa shape index (κ1) is 11.5. The van der Waals surface area contributed by atoms with E-state index >= 15 is 0 Å². The van der Waals surface area contributed by atoms with Crippen LogP contribution in [0.4, 0.5) is 8.78 Å². The molecule has 16 heavy (non-hydrogen) atoms. The summed E-state index contributed by atoms with van der Waals surface area (Å²) in [4.78, 5) is 0. The summed E-state index contributed by atoms with van der Waals surface area (Å²) in [6.45, 7) is 1.56. The van der Waals surface area contributed by atoms with Gasteiger partial charge in [-0.3, -0.25) is 0 Å². The standard InChI is InChI=1S/C13H17F2N/c1-8-6-12(15)10(7-11(8)14)13(16)9-4-2-3-5-9/h6-7,9,13H,2-5,16H2,1H3. The average molecular weight is 225 g/mol. The minimum Gasteiger partial charge on any atom is -0.324 e. The van der Waals surface area contributed by atoms with Gasteiger partial charge in [-0.15, -0.1) is 0 Å². The van der Waals surface area contributed by atoms with Crippen LogP contribution in [-0.4, -0.2) is 0 Å². The van der Waals surface area contributed by atoms with Crippen LogP contribution in [-0.2, 0) is 0 Å². The summed E-state index contributed by atoms with van der Waals surface area (Å²) < 4.78 is 27.1. The smallest absolute Gasteiger partial charge is 0.128 e. The molecule has 0 spiro atoms. The van der Waals surface area contributed by atoms with Gasteiger partial charge in [-0.05, 0) is 43.4 Å². The van der Waals surface area contributed by atoms with E-state index < -0.39 is 0 Å². The second-order valence-corrected chi connectivity index (χ2v) is 4.69. The van der Waals surface area contributed by atoms with Crippen LogP contribution in [0.2, 0.25) is 0 Å². The fourth-order valence-corrected chi connectivity index (χ4v) is 2.49. The molecule has 1 aromatic carbocycles. The molecule has 0 bridgehead atoms. The molecule has 0 amide bonds. The third-order valence-corrected chi connectivity index (χ3v) is 3.54. The van der Waals surface area contributed by atoms with Crippen molar-refractivity contribution < 1.29 is 8.78 Å². The Labute approximate surface area is 94.7 Å². The highest BCUT2D eigenvalue weighted by Crippen LogP contribution is 2.35. The number of halogens is 2. The van der Waals surface area contributed by atoms with Gasteiger partial charge in [0.15, 0.2) is 0 Å². The van der Waals surface area contributed by atoms with Crippen molar-refractivity contribution in [2.75, 3.05) is 0 Å². The van der Waals surface area contributed by atoms with Gasteiger partial charge >= 0.3 is 0 Å². The summed E-state index contributed by atoms with van der Waals surface area (Å²) in [5.74, 6) is -0.445. The molecule has 1 aliphatic carbocycles. The summed E-state index contributed by atoms with van der Waals surface area (Å²) in [5.41, 5.74) is 6.68. The van der Waals surface area contributed by atoms with E-state index in [0.29, 0.717) is 17.0 Å². The Morgan fingerprint density at radius 2 is 1.81 bits per heavy atom. The normalized spacial score (nSPS) is 19.0. The van der Waals surface area contributed by atoms with Gasteiger partial charge in [-0.1, -0.05) is 12.8 Å². The van der Waals surface area contributed by atoms with Gasteiger partial charge in [0.2, 0.25) is 0 Å². The van der Waals surface area contributed by atoms with E-state index in [1.54, 1.807) is 6.92 Å². The zero-order chi connectivity index (χ0) is 11.7. The zero-order valence-corrected chi connectivity index (χ0v) is 9.47. The first-order valence-corrected chi connectivity index (χ1v) is 5.80. The maximum absolute atomic E-state index is 13.7. The zero-order valence-electron chi connectivity index (χ0n) is 9.47. The second kappa shape index (κ2) is 4.50. The summed E-state index contributed by atoms with van der Waals surface area (Å²) in [6, 6.07) is 2.13. The molecule has 0 aliphatic heterocycles. The molecule has 0 aromatic heterocycles. The highest BCUT2D eigenvalue weighted by Gasteiger charge is 2.25. The lowest BCUT2D eigenvalue weighted by molar-refractivity contribution is 0.425. The fraction of sp³-hybridized carbons (Fsp3) is 0.538. The third kappa shape index (κ3) is 2.09. The van der Waals surface area contributed by atoms with E-state index in [1.165, 1.54) is 12.1 Å². The molecule has 1 atom stereocenters. The van der Waals surface area contributed by atoms with Gasteiger partial charge < -0.3 is 5.73 Å². The predicted molar refractivity (Wildman–Crippen MR) is 60.0 cm³/mol. The van der Waals surface area contributed by atoms with Crippen LogP contribution in [0.15, 0.2) is 12.1 Å². The molecule has 1 saturated carbocycles. The van der Waals surface area contributed by atoms with Crippen LogP contribution >= 0.6 is 0 Å². The van der Waals surface area contributed by atoms with Crippen LogP contribution in [0.5, 0.6) is 0 Å². The molecule has 0 radical (unpaired) electrons. The van der Waals surface area contributed by atoms with Crippen molar-refractivity contribution in [1.29, 1.82) is 0 Å². The lowest BCUT2D eigenvalue weighted by Gasteiger charge is -2.20. The maximum atomic E-state index is 13.7. The van der Waals surface area contributed by atoms with Crippen LogP contribution in [0.25, 0.3) is 0 Å². The van der Waals surface area contributed by atoms with Gasteiger partial charge in [0, 0.05) is 11.6 Å². The van der Waals surface area contributed by atoms with Gasteiger partial charge in [-0.25, -0.2) is 8.78 Å². The van der Waals surface area contributed by atoms with Crippen molar-refractivity contribution in [3.63, 3.8) is 0 Å². The molecule has 1 aliphatic rings. The summed E-state index contributed by atoms with van der Waals surface area (Å²) >= 11 is 0. The number of hydrogen-bond acceptors (Lipinski definition) is 1. The van der Waals surface area contributed by atoms with E-state index in [4.69, 9.17) is 5.73 Å². The fourth-order valence-electron chi connectivity index (χ4n) is 2.49. The lowest BCUT2D eigenvalue weighted by Crippen LogP contribution is -2.20. The summed E-state index contributed by atoms with van der Waals surface area (Å²) in [7, 11) is 0. The quantitative estimate of drug-likeness (QED) is 0.819. The topological polar surface area (TPSA) is 26.0 Å². The van der Waals surface area contributed by atoms with Crippen molar-refractivity contribution >= 4 is 0 Å². The largest absolute Gasteiger partial charge is 0.324 e. The minimum atomic E-state index is -0.377. The maximum Gasteiger partial charge on any atom is 0.128 e. The van der Waals surface area contributed by atoms with Crippen LogP contribution in [0.1, 0.15) is 42.9 Å². The molecule has 1 aromatic rings. The highest BCUT2D eigenvalue weighted by molar-refractivity contribution is 5.28. The molecule has 2 N–H and O–H groups in total. The average Bonchev–Trinajstić information content (AvgIpc) is 2.75. The van der Waals surface area contributed by atoms with E-state index in [9.17, 15) is 8.78 Å². The summed E-state index contributed by atoms with van der Waals surface area (Å²) in [6.07, 6.45) is 4.34. The Bertz CT molecular complexity index is 384. The number of aryl methyl sites for hydroxylation is 1. The molecule has 2 rings (SSSR count). The molecular weight excluding hydrogens is 208 g/mol. The van der Waals surface area contributed by atoms with E-state index in [-0.39, 0.29) is 17.7 Å². The molecule has 1 unspecified atom stereocenters. The van der Waals surface area contributed by atoms with Gasteiger partial charge in [0.1, 0.15) is 11.6 Å². The number of hydrogen-bond donors (Lipinski definition) is 1. The summed E-state index contributed by atoms with van der Waals surface area (Å²) in [5, 5.41) is 0. The second-order valence-electron chi connectivity index (χ2n) is 4.69. The molecule has 88 valence electrons. The Hall–Kier alpha value is -0.960. The van der Waals surface area contributed by atoms with Crippen molar-refractivity contribution in [3.8, 4) is 0 Å². The Morgan fingerprint density at radius 3 is 2.44 bits per heavy atom. The van der Waals surface area contributed by atoms with Gasteiger partial charge in [0.25, 0.3) is 0 Å². The van der Waals surface area contributed by atoms with Crippen molar-refractivity contribution in [2.24, 2.45) is 11.7 Å². The van der Waals surface area contributed by atoms with E-state index in [2.05, 4.69) is 0 Å². The van der Waals surface area contributed by atoms with Crippen molar-refractivity contribution in [3.05, 3.63) is 34.9 Å². The first-order chi connectivity index (χ1) is 7.59. The van der Waals surface area contributed by atoms with E-state index in [0.717, 1.165) is 25.7 Å². The van der Waals surface area contributed by atoms with Crippen LogP contribution < -0.4 is 5.73 Å². The van der Waals surface area contributed by atoms with E-state index in [1.807, 2.05) is 0 Å². The van der Waals surface area contributed by atoms with Crippen molar-refractivity contribution in [2.45, 2.75) is 38.6 Å². The third-order valence-electron chi connectivity index (χ3n) is 3.54. The monoisotopic (exact) mass is 225 g/mol. The lowest BCUT2D eigenvalue weighted by atomic mass is 9.91. The molecule has 0 heterocycles. The number of rotatable bonds is 2. The number of nitrogens with two attached hydrogens (primary N) is 1. The molecule has 0 saturated heterocycles. The molecule has 1 nitrogen and oxygen atoms in total. The van der Waals surface area contributed by atoms with Gasteiger partial charge in [0.05, 0.1) is 0 Å². The minimum absolute atomic E-state index is 0.302. The van der Waals surface area contributed by atoms with Crippen molar-refractivity contribution in [1.82, 2.24) is 0 Å². The Kier molecular flexibility index (Phi) is 3.24.